The van der Waals surface area contributed by atoms with E-state index in [2.05, 4.69) is 18.2 Å². The molecular weight excluding hydrogens is 201 g/mol. The van der Waals surface area contributed by atoms with Crippen LogP contribution in [0.5, 0.6) is 0 Å². The zero-order valence-electron chi connectivity index (χ0n) is 3.52. The van der Waals surface area contributed by atoms with Gasteiger partial charge in [0.05, 0.1) is 0 Å². The number of rotatable bonds is 0. The maximum absolute atomic E-state index is 2.21. The third kappa shape index (κ3) is 1.16. The molecule has 1 heteroatoms. The molecular formula is C5H5Pr. The van der Waals surface area contributed by atoms with E-state index < -0.39 is 0 Å². The van der Waals surface area contributed by atoms with Crippen LogP contribution in [0.15, 0.2) is 19.4 Å². The number of hydrogen-bond acceptors (Lipinski definition) is 0. The van der Waals surface area contributed by atoms with E-state index >= 15 is 0 Å². The van der Waals surface area contributed by atoms with E-state index in [0.29, 0.717) is 0 Å². The summed E-state index contributed by atoms with van der Waals surface area (Å²) in [6.45, 7) is 0. The van der Waals surface area contributed by atoms with Crippen LogP contribution < -0.4 is 0 Å². The standard InChI is InChI=1S/C5H5.Pr/c1-2-4-5-3-1;/h1-3H,4H2;. The summed E-state index contributed by atoms with van der Waals surface area (Å²) in [4.78, 5) is 0. The predicted molar refractivity (Wildman–Crippen MR) is 21.8 cm³/mol. The van der Waals surface area contributed by atoms with Crippen LogP contribution in [0.3, 0.4) is 0 Å². The Labute approximate surface area is 64.3 Å². The van der Waals surface area contributed by atoms with Gasteiger partial charge in [-0.25, -0.2) is 0 Å². The van der Waals surface area contributed by atoms with Gasteiger partial charge in [-0.05, 0) is 0 Å². The van der Waals surface area contributed by atoms with Crippen molar-refractivity contribution in [3.63, 3.8) is 0 Å². The van der Waals surface area contributed by atoms with Crippen molar-refractivity contribution in [3.05, 3.63) is 19.4 Å². The van der Waals surface area contributed by atoms with Crippen molar-refractivity contribution < 1.29 is 39.2 Å². The molecule has 0 saturated heterocycles. The summed E-state index contributed by atoms with van der Waals surface area (Å²) in [7, 11) is 0. The van der Waals surface area contributed by atoms with Gasteiger partial charge in [-0.1, -0.05) is 0 Å². The van der Waals surface area contributed by atoms with E-state index in [9.17, 15) is 0 Å². The fourth-order valence-electron chi connectivity index (χ4n) is 0.464. The average Bonchev–Trinajstić information content (AvgIpc) is 1.86. The Morgan fingerprint density at radius 2 is 2.50 bits per heavy atom. The van der Waals surface area contributed by atoms with Crippen molar-refractivity contribution in [1.82, 2.24) is 0 Å². The number of allylic oxidation sites excluding steroid dienone is 4. The fourth-order valence-corrected chi connectivity index (χ4v) is 1.26. The minimum absolute atomic E-state index is 1.07. The SMILES string of the molecule is [Pr][C]1=CC=CC1. The van der Waals surface area contributed by atoms with Gasteiger partial charge in [0.2, 0.25) is 0 Å². The zero-order valence-corrected chi connectivity index (χ0v) is 7.22. The molecule has 0 amide bonds. The van der Waals surface area contributed by atoms with Crippen molar-refractivity contribution in [2.75, 3.05) is 0 Å². The maximum atomic E-state index is 2.21. The molecule has 0 aromatic heterocycles. The van der Waals surface area contributed by atoms with Crippen LogP contribution in [0.25, 0.3) is 0 Å². The van der Waals surface area contributed by atoms with Gasteiger partial charge >= 0.3 is 65.0 Å². The van der Waals surface area contributed by atoms with E-state index in [0.717, 1.165) is 39.2 Å². The molecule has 0 N–H and O–H groups in total. The second kappa shape index (κ2) is 2.23. The molecule has 0 aliphatic heterocycles. The fraction of sp³-hybridized carbons (Fsp3) is 0.200. The molecule has 0 spiro atoms. The average molecular weight is 206 g/mol. The summed E-state index contributed by atoms with van der Waals surface area (Å²) < 4.78 is 1.63. The molecule has 0 heterocycles. The van der Waals surface area contributed by atoms with E-state index in [-0.39, 0.29) is 0 Å². The normalized spacial score (nSPS) is 18.2. The summed E-state index contributed by atoms with van der Waals surface area (Å²) in [6, 6.07) is 0. The van der Waals surface area contributed by atoms with E-state index in [1.54, 1.807) is 1.16 Å². The van der Waals surface area contributed by atoms with E-state index in [4.69, 9.17) is 0 Å². The molecule has 0 unspecified atom stereocenters. The molecule has 0 saturated carbocycles. The molecule has 0 aromatic rings. The Morgan fingerprint density at radius 1 is 1.67 bits per heavy atom. The predicted octanol–water partition coefficient (Wildman–Crippen LogP) is 1.38. The van der Waals surface area contributed by atoms with Gasteiger partial charge < -0.3 is 0 Å². The second-order valence-corrected chi connectivity index (χ2v) is 3.75. The first-order valence-corrected chi connectivity index (χ1v) is 3.86. The Hall–Kier alpha value is 0.844. The second-order valence-electron chi connectivity index (χ2n) is 1.37. The molecule has 0 radical (unpaired) electrons. The molecule has 0 aromatic carbocycles. The van der Waals surface area contributed by atoms with Gasteiger partial charge in [-0.2, -0.15) is 0 Å². The molecule has 1 aliphatic carbocycles. The molecule has 0 bridgehead atoms. The third-order valence-electron chi connectivity index (χ3n) is 0.800. The van der Waals surface area contributed by atoms with Gasteiger partial charge in [0, 0.05) is 0 Å². The van der Waals surface area contributed by atoms with Crippen LogP contribution in [-0.4, -0.2) is 0 Å². The molecule has 6 heavy (non-hydrogen) atoms. The summed E-state index contributed by atoms with van der Waals surface area (Å²) >= 11 is 1.07. The minimum atomic E-state index is 1.07. The molecule has 0 fully saturated rings. The van der Waals surface area contributed by atoms with Gasteiger partial charge in [-0.15, -0.1) is 0 Å². The Bertz CT molecular complexity index is 101. The van der Waals surface area contributed by atoms with Crippen molar-refractivity contribution >= 4 is 0 Å². The van der Waals surface area contributed by atoms with Gasteiger partial charge in [0.1, 0.15) is 0 Å². The number of hydrogen-bond donors (Lipinski definition) is 0. The van der Waals surface area contributed by atoms with Crippen LogP contribution in [0.4, 0.5) is 0 Å². The van der Waals surface area contributed by atoms with Gasteiger partial charge in [0.25, 0.3) is 0 Å². The Kier molecular flexibility index (Phi) is 1.85. The van der Waals surface area contributed by atoms with Crippen LogP contribution in [0.1, 0.15) is 6.42 Å². The summed E-state index contributed by atoms with van der Waals surface area (Å²) in [5, 5.41) is 0. The summed E-state index contributed by atoms with van der Waals surface area (Å²) in [5.74, 6) is 0. The third-order valence-corrected chi connectivity index (χ3v) is 2.17. The van der Waals surface area contributed by atoms with Crippen molar-refractivity contribution in [2.24, 2.45) is 0 Å². The van der Waals surface area contributed by atoms with Crippen LogP contribution in [0, 0.1) is 39.2 Å². The Morgan fingerprint density at radius 3 is 2.67 bits per heavy atom. The topological polar surface area (TPSA) is 0 Å². The summed E-state index contributed by atoms with van der Waals surface area (Å²) in [6.07, 6.45) is 7.79. The van der Waals surface area contributed by atoms with Gasteiger partial charge in [-0.3, -0.25) is 0 Å². The monoisotopic (exact) mass is 206 g/mol. The van der Waals surface area contributed by atoms with E-state index in [1.807, 2.05) is 0 Å². The summed E-state index contributed by atoms with van der Waals surface area (Å²) in [5.41, 5.74) is 0. The molecule has 1 aliphatic rings. The van der Waals surface area contributed by atoms with Crippen molar-refractivity contribution in [1.29, 1.82) is 0 Å². The molecule has 1 rings (SSSR count). The first-order valence-electron chi connectivity index (χ1n) is 2.01. The van der Waals surface area contributed by atoms with Crippen LogP contribution in [0.2, 0.25) is 0 Å². The zero-order chi connectivity index (χ0) is 4.41. The van der Waals surface area contributed by atoms with Crippen molar-refractivity contribution in [3.8, 4) is 0 Å². The van der Waals surface area contributed by atoms with E-state index in [1.165, 1.54) is 6.42 Å². The Balaban J connectivity index is 2.61. The van der Waals surface area contributed by atoms with Crippen molar-refractivity contribution in [2.45, 2.75) is 6.42 Å². The van der Waals surface area contributed by atoms with Crippen LogP contribution in [-0.2, 0) is 0 Å². The molecule has 0 atom stereocenters. The van der Waals surface area contributed by atoms with Gasteiger partial charge in [0.15, 0.2) is 0 Å². The molecule has 28 valence electrons. The first-order chi connectivity index (χ1) is 2.89. The molecule has 0 nitrogen and oxygen atoms in total. The first kappa shape index (κ1) is 4.99. The quantitative estimate of drug-likeness (QED) is 0.561. The van der Waals surface area contributed by atoms with Crippen LogP contribution >= 0.6 is 0 Å².